The van der Waals surface area contributed by atoms with Gasteiger partial charge in [0, 0.05) is 0 Å². The Morgan fingerprint density at radius 1 is 0.800 bits per heavy atom. The second-order valence-corrected chi connectivity index (χ2v) is 9.01. The average Bonchev–Trinajstić information content (AvgIpc) is 2.90. The van der Waals surface area contributed by atoms with E-state index in [0.717, 1.165) is 37.7 Å². The fourth-order valence-corrected chi connectivity index (χ4v) is 4.08. The second kappa shape index (κ2) is 15.7. The number of ether oxygens (including phenoxy) is 1. The molecule has 1 heteroatoms. The Balaban J connectivity index is 1.34. The summed E-state index contributed by atoms with van der Waals surface area (Å²) in [7, 11) is 0. The zero-order valence-corrected chi connectivity index (χ0v) is 21.2. The van der Waals surface area contributed by atoms with E-state index in [9.17, 15) is 0 Å². The first-order valence-corrected chi connectivity index (χ1v) is 12.9. The molecule has 0 unspecified atom stereocenters. The third-order valence-electron chi connectivity index (χ3n) is 6.10. The highest BCUT2D eigenvalue weighted by molar-refractivity contribution is 5.49. The molecule has 0 saturated heterocycles. The van der Waals surface area contributed by atoms with Gasteiger partial charge in [0.2, 0.25) is 0 Å². The lowest BCUT2D eigenvalue weighted by Crippen LogP contribution is -1.95. The fourth-order valence-electron chi connectivity index (χ4n) is 4.08. The number of aryl methyl sites for hydroxylation is 3. The zero-order valence-electron chi connectivity index (χ0n) is 21.2. The van der Waals surface area contributed by atoms with E-state index in [4.69, 9.17) is 4.74 Å². The number of hydrogen-bond acceptors (Lipinski definition) is 1. The van der Waals surface area contributed by atoms with Crippen LogP contribution in [-0.4, -0.2) is 6.61 Å². The molecule has 3 rings (SSSR count). The first-order chi connectivity index (χ1) is 17.3. The van der Waals surface area contributed by atoms with Gasteiger partial charge in [-0.15, -0.1) is 6.58 Å². The van der Waals surface area contributed by atoms with Crippen LogP contribution < -0.4 is 0 Å². The highest BCUT2D eigenvalue weighted by Crippen LogP contribution is 2.14. The molecule has 1 nitrogen and oxygen atoms in total. The zero-order chi connectivity index (χ0) is 24.6. The Morgan fingerprint density at radius 3 is 2.23 bits per heavy atom. The Morgan fingerprint density at radius 2 is 1.49 bits per heavy atom. The minimum atomic E-state index is 0.582. The van der Waals surface area contributed by atoms with Gasteiger partial charge in [0.1, 0.15) is 0 Å². The highest BCUT2D eigenvalue weighted by Gasteiger charge is 1.99. The van der Waals surface area contributed by atoms with Crippen LogP contribution in [0.1, 0.15) is 59.6 Å². The van der Waals surface area contributed by atoms with Crippen LogP contribution in [0.3, 0.4) is 0 Å². The molecular formula is C34H39O. The molecule has 0 aliphatic rings. The van der Waals surface area contributed by atoms with E-state index in [0.29, 0.717) is 13.2 Å². The minimum absolute atomic E-state index is 0.582. The molecule has 0 fully saturated rings. The van der Waals surface area contributed by atoms with E-state index in [1.54, 1.807) is 6.08 Å². The molecule has 0 aliphatic heterocycles. The van der Waals surface area contributed by atoms with Crippen LogP contribution in [0.15, 0.2) is 97.6 Å². The number of rotatable bonds is 15. The predicted octanol–water partition coefficient (Wildman–Crippen LogP) is 8.52. The summed E-state index contributed by atoms with van der Waals surface area (Å²) in [5, 5.41) is 0. The van der Waals surface area contributed by atoms with Crippen molar-refractivity contribution in [1.29, 1.82) is 0 Å². The minimum Gasteiger partial charge on any atom is -0.373 e. The van der Waals surface area contributed by atoms with Crippen molar-refractivity contribution in [2.45, 2.75) is 58.5 Å². The monoisotopic (exact) mass is 463 g/mol. The van der Waals surface area contributed by atoms with Gasteiger partial charge in [-0.3, -0.25) is 0 Å². The first-order valence-electron chi connectivity index (χ1n) is 12.9. The van der Waals surface area contributed by atoms with Crippen molar-refractivity contribution in [2.24, 2.45) is 0 Å². The molecular weight excluding hydrogens is 424 g/mol. The Labute approximate surface area is 212 Å². The van der Waals surface area contributed by atoms with Crippen LogP contribution in [0.4, 0.5) is 0 Å². The summed E-state index contributed by atoms with van der Waals surface area (Å²) >= 11 is 0. The summed E-state index contributed by atoms with van der Waals surface area (Å²) in [6, 6.07) is 27.7. The third kappa shape index (κ3) is 10.3. The van der Waals surface area contributed by atoms with Crippen LogP contribution in [0.5, 0.6) is 0 Å². The molecule has 0 spiro atoms. The van der Waals surface area contributed by atoms with Crippen molar-refractivity contribution in [3.63, 3.8) is 0 Å². The lowest BCUT2D eigenvalue weighted by Gasteiger charge is -2.06. The summed E-state index contributed by atoms with van der Waals surface area (Å²) in [5.41, 5.74) is 7.96. The second-order valence-electron chi connectivity index (χ2n) is 9.01. The van der Waals surface area contributed by atoms with Crippen LogP contribution in [0, 0.1) is 6.07 Å². The maximum atomic E-state index is 5.53. The smallest absolute Gasteiger partial charge is 0.0727 e. The number of hydrogen-bond donors (Lipinski definition) is 0. The van der Waals surface area contributed by atoms with Crippen LogP contribution in [0.25, 0.3) is 6.08 Å². The molecule has 0 aromatic heterocycles. The normalized spacial score (nSPS) is 11.5. The molecule has 0 saturated carbocycles. The highest BCUT2D eigenvalue weighted by atomic mass is 16.5. The van der Waals surface area contributed by atoms with Crippen molar-refractivity contribution in [3.8, 4) is 0 Å². The number of benzene rings is 3. The average molecular weight is 464 g/mol. The first kappa shape index (κ1) is 26.4. The van der Waals surface area contributed by atoms with Gasteiger partial charge in [0.15, 0.2) is 0 Å². The molecule has 0 atom stereocenters. The molecule has 0 amide bonds. The lowest BCUT2D eigenvalue weighted by molar-refractivity contribution is 0.148. The SMILES string of the molecule is C=CCOCc1[c]ccc(CCCCc2ccc(C=CCCc3ccc(CC=CC)cc3)cc2)c1. The molecule has 1 radical (unpaired) electrons. The van der Waals surface area contributed by atoms with Crippen LogP contribution in [-0.2, 0) is 37.0 Å². The van der Waals surface area contributed by atoms with E-state index < -0.39 is 0 Å². The van der Waals surface area contributed by atoms with Gasteiger partial charge in [-0.1, -0.05) is 97.1 Å². The summed E-state index contributed by atoms with van der Waals surface area (Å²) in [5.74, 6) is 0. The van der Waals surface area contributed by atoms with E-state index in [1.165, 1.54) is 40.7 Å². The largest absolute Gasteiger partial charge is 0.373 e. The van der Waals surface area contributed by atoms with E-state index in [2.05, 4.69) is 105 Å². The van der Waals surface area contributed by atoms with Crippen molar-refractivity contribution in [1.82, 2.24) is 0 Å². The maximum absolute atomic E-state index is 5.53. The molecule has 0 aliphatic carbocycles. The van der Waals surface area contributed by atoms with Gasteiger partial charge in [-0.05, 0) is 91.3 Å². The van der Waals surface area contributed by atoms with E-state index >= 15 is 0 Å². The quantitative estimate of drug-likeness (QED) is 0.162. The Kier molecular flexibility index (Phi) is 11.9. The predicted molar refractivity (Wildman–Crippen MR) is 151 cm³/mol. The maximum Gasteiger partial charge on any atom is 0.0727 e. The summed E-state index contributed by atoms with van der Waals surface area (Å²) in [4.78, 5) is 0. The van der Waals surface area contributed by atoms with Crippen molar-refractivity contribution in [2.75, 3.05) is 6.61 Å². The summed E-state index contributed by atoms with van der Waals surface area (Å²) in [6.07, 6.45) is 18.4. The molecule has 3 aromatic carbocycles. The molecule has 3 aromatic rings. The van der Waals surface area contributed by atoms with Gasteiger partial charge in [0.05, 0.1) is 13.2 Å². The standard InChI is InChI=1S/C34H39O/c1-3-5-11-29-18-20-30(21-19-29)12-6-7-13-31-22-24-32(25-23-31)14-8-9-15-33-16-10-17-34(27-33)28-35-26-4-2/h3-5,7,10,13,16,18-25,27H,2,6,8-9,11-12,14-15,26,28H2,1H3. The summed E-state index contributed by atoms with van der Waals surface area (Å²) in [6.45, 7) is 6.94. The van der Waals surface area contributed by atoms with Crippen LogP contribution >= 0.6 is 0 Å². The van der Waals surface area contributed by atoms with Gasteiger partial charge >= 0.3 is 0 Å². The molecule has 0 heterocycles. The van der Waals surface area contributed by atoms with Crippen LogP contribution in [0.2, 0.25) is 0 Å². The Bertz CT molecular complexity index is 1050. The van der Waals surface area contributed by atoms with Crippen molar-refractivity contribution >= 4 is 6.08 Å². The van der Waals surface area contributed by atoms with Gasteiger partial charge in [-0.25, -0.2) is 0 Å². The molecule has 181 valence electrons. The fraction of sp³-hybridized carbons (Fsp3) is 0.294. The van der Waals surface area contributed by atoms with Gasteiger partial charge < -0.3 is 4.74 Å². The molecule has 0 N–H and O–H groups in total. The van der Waals surface area contributed by atoms with E-state index in [1.807, 2.05) is 6.07 Å². The number of unbranched alkanes of at least 4 members (excludes halogenated alkanes) is 1. The molecule has 35 heavy (non-hydrogen) atoms. The topological polar surface area (TPSA) is 9.23 Å². The van der Waals surface area contributed by atoms with E-state index in [-0.39, 0.29) is 0 Å². The summed E-state index contributed by atoms with van der Waals surface area (Å²) < 4.78 is 5.53. The Hall–Kier alpha value is -3.16. The van der Waals surface area contributed by atoms with Crippen molar-refractivity contribution in [3.05, 3.63) is 137 Å². The van der Waals surface area contributed by atoms with Gasteiger partial charge in [0.25, 0.3) is 0 Å². The number of allylic oxidation sites excluding steroid dienone is 3. The van der Waals surface area contributed by atoms with Gasteiger partial charge in [-0.2, -0.15) is 0 Å². The third-order valence-corrected chi connectivity index (χ3v) is 6.10. The molecule has 0 bridgehead atoms. The lowest BCUT2D eigenvalue weighted by atomic mass is 10.0. The van der Waals surface area contributed by atoms with Crippen molar-refractivity contribution < 1.29 is 4.74 Å².